The van der Waals surface area contributed by atoms with Crippen LogP contribution in [0.1, 0.15) is 27.0 Å². The van der Waals surface area contributed by atoms with Crippen molar-refractivity contribution in [2.45, 2.75) is 20.5 Å². The average Bonchev–Trinajstić information content (AvgIpc) is 2.56. The van der Waals surface area contributed by atoms with Gasteiger partial charge in [0.2, 0.25) is 0 Å². The van der Waals surface area contributed by atoms with Crippen molar-refractivity contribution < 1.29 is 19.4 Å². The number of benzene rings is 2. The number of carbonyl (C=O) groups is 1. The fourth-order valence-corrected chi connectivity index (χ4v) is 2.46. The second-order valence-corrected chi connectivity index (χ2v) is 5.24. The van der Waals surface area contributed by atoms with Gasteiger partial charge in [-0.2, -0.15) is 0 Å². The largest absolute Gasteiger partial charge is 0.496 e. The number of aliphatic hydroxyl groups excluding tert-OH is 1. The molecule has 0 aliphatic rings. The van der Waals surface area contributed by atoms with E-state index in [2.05, 4.69) is 5.32 Å². The highest BCUT2D eigenvalue weighted by molar-refractivity contribution is 6.08. The van der Waals surface area contributed by atoms with Crippen LogP contribution < -0.4 is 14.8 Å². The lowest BCUT2D eigenvalue weighted by Crippen LogP contribution is -2.15. The summed E-state index contributed by atoms with van der Waals surface area (Å²) in [5.74, 6) is 0.554. The zero-order valence-electron chi connectivity index (χ0n) is 13.8. The van der Waals surface area contributed by atoms with Crippen molar-refractivity contribution >= 4 is 11.6 Å². The maximum absolute atomic E-state index is 12.7. The molecule has 0 heterocycles. The molecule has 2 N–H and O–H groups in total. The van der Waals surface area contributed by atoms with Gasteiger partial charge in [0.15, 0.2) is 0 Å². The SMILES string of the molecule is COc1cccc(OC)c1C(=O)Nc1cc(CO)c(C)cc1C. The molecule has 0 unspecified atom stereocenters. The number of nitrogens with one attached hydrogen (secondary N) is 1. The lowest BCUT2D eigenvalue weighted by molar-refractivity contribution is 0.102. The monoisotopic (exact) mass is 315 g/mol. The molecular formula is C18H21NO4. The summed E-state index contributed by atoms with van der Waals surface area (Å²) in [6.07, 6.45) is 0. The lowest BCUT2D eigenvalue weighted by Gasteiger charge is -2.15. The van der Waals surface area contributed by atoms with Gasteiger partial charge in [-0.25, -0.2) is 0 Å². The van der Waals surface area contributed by atoms with Crippen LogP contribution >= 0.6 is 0 Å². The van der Waals surface area contributed by atoms with Gasteiger partial charge in [0.25, 0.3) is 5.91 Å². The Bertz CT molecular complexity index is 703. The van der Waals surface area contributed by atoms with Gasteiger partial charge in [-0.1, -0.05) is 12.1 Å². The first kappa shape index (κ1) is 16.8. The van der Waals surface area contributed by atoms with Gasteiger partial charge in [-0.05, 0) is 48.7 Å². The van der Waals surface area contributed by atoms with E-state index in [9.17, 15) is 9.90 Å². The molecule has 0 saturated carbocycles. The van der Waals surface area contributed by atoms with Gasteiger partial charge in [0, 0.05) is 5.69 Å². The first-order chi connectivity index (χ1) is 11.0. The number of carbonyl (C=O) groups excluding carboxylic acids is 1. The van der Waals surface area contributed by atoms with Gasteiger partial charge in [0.05, 0.1) is 20.8 Å². The van der Waals surface area contributed by atoms with Crippen LogP contribution in [0.15, 0.2) is 30.3 Å². The lowest BCUT2D eigenvalue weighted by atomic mass is 10.0. The van der Waals surface area contributed by atoms with Gasteiger partial charge < -0.3 is 19.9 Å². The predicted molar refractivity (Wildman–Crippen MR) is 89.3 cm³/mol. The molecule has 0 spiro atoms. The van der Waals surface area contributed by atoms with Crippen LogP contribution in [0.25, 0.3) is 0 Å². The number of ether oxygens (including phenoxy) is 2. The standard InChI is InChI=1S/C18H21NO4/c1-11-8-12(2)14(9-13(11)10-20)19-18(21)17-15(22-3)6-5-7-16(17)23-4/h5-9,20H,10H2,1-4H3,(H,19,21). The molecule has 5 nitrogen and oxygen atoms in total. The fraction of sp³-hybridized carbons (Fsp3) is 0.278. The number of hydrogen-bond acceptors (Lipinski definition) is 4. The number of aryl methyl sites for hydroxylation is 2. The van der Waals surface area contributed by atoms with E-state index < -0.39 is 0 Å². The third kappa shape index (κ3) is 3.46. The molecule has 0 radical (unpaired) electrons. The highest BCUT2D eigenvalue weighted by Crippen LogP contribution is 2.30. The molecule has 122 valence electrons. The highest BCUT2D eigenvalue weighted by Gasteiger charge is 2.19. The molecular weight excluding hydrogens is 294 g/mol. The van der Waals surface area contributed by atoms with E-state index in [-0.39, 0.29) is 12.5 Å². The zero-order chi connectivity index (χ0) is 17.0. The van der Waals surface area contributed by atoms with Crippen molar-refractivity contribution in [1.82, 2.24) is 0 Å². The van der Waals surface area contributed by atoms with Gasteiger partial charge in [-0.3, -0.25) is 4.79 Å². The minimum Gasteiger partial charge on any atom is -0.496 e. The molecule has 1 amide bonds. The number of amides is 1. The van der Waals surface area contributed by atoms with Crippen molar-refractivity contribution in [2.24, 2.45) is 0 Å². The van der Waals surface area contributed by atoms with E-state index >= 15 is 0 Å². The molecule has 2 rings (SSSR count). The second kappa shape index (κ2) is 7.15. The second-order valence-electron chi connectivity index (χ2n) is 5.24. The Morgan fingerprint density at radius 1 is 1.09 bits per heavy atom. The van der Waals surface area contributed by atoms with Crippen LogP contribution in [0.2, 0.25) is 0 Å². The molecule has 0 aromatic heterocycles. The molecule has 0 atom stereocenters. The quantitative estimate of drug-likeness (QED) is 0.890. The van der Waals surface area contributed by atoms with Gasteiger partial charge >= 0.3 is 0 Å². The minimum atomic E-state index is -0.324. The first-order valence-corrected chi connectivity index (χ1v) is 7.25. The van der Waals surface area contributed by atoms with Crippen molar-refractivity contribution in [3.05, 3.63) is 52.6 Å². The topological polar surface area (TPSA) is 67.8 Å². The molecule has 0 saturated heterocycles. The molecule has 5 heteroatoms. The maximum Gasteiger partial charge on any atom is 0.263 e. The summed E-state index contributed by atoms with van der Waals surface area (Å²) in [5.41, 5.74) is 3.67. The summed E-state index contributed by atoms with van der Waals surface area (Å²) >= 11 is 0. The summed E-state index contributed by atoms with van der Waals surface area (Å²) in [6, 6.07) is 8.89. The predicted octanol–water partition coefficient (Wildman–Crippen LogP) is 3.07. The smallest absolute Gasteiger partial charge is 0.263 e. The third-order valence-electron chi connectivity index (χ3n) is 3.76. The fourth-order valence-electron chi connectivity index (χ4n) is 2.46. The van der Waals surface area contributed by atoms with Crippen LogP contribution in [-0.2, 0) is 6.61 Å². The van der Waals surface area contributed by atoms with Gasteiger partial charge in [-0.15, -0.1) is 0 Å². The van der Waals surface area contributed by atoms with E-state index in [1.807, 2.05) is 19.9 Å². The summed E-state index contributed by atoms with van der Waals surface area (Å²) in [4.78, 5) is 12.7. The third-order valence-corrected chi connectivity index (χ3v) is 3.76. The Morgan fingerprint density at radius 3 is 2.22 bits per heavy atom. The highest BCUT2D eigenvalue weighted by atomic mass is 16.5. The number of methoxy groups -OCH3 is 2. The summed E-state index contributed by atoms with van der Waals surface area (Å²) in [5, 5.41) is 12.3. The normalized spacial score (nSPS) is 10.3. The molecule has 0 aliphatic carbocycles. The Balaban J connectivity index is 2.40. The Kier molecular flexibility index (Phi) is 5.24. The van der Waals surface area contributed by atoms with Gasteiger partial charge in [0.1, 0.15) is 17.1 Å². The zero-order valence-corrected chi connectivity index (χ0v) is 13.8. The Morgan fingerprint density at radius 2 is 1.70 bits per heavy atom. The number of aliphatic hydroxyl groups is 1. The molecule has 0 aliphatic heterocycles. The number of anilines is 1. The summed E-state index contributed by atoms with van der Waals surface area (Å²) in [7, 11) is 3.01. The molecule has 0 bridgehead atoms. The van der Waals surface area contributed by atoms with Crippen LogP contribution in [0, 0.1) is 13.8 Å². The maximum atomic E-state index is 12.7. The summed E-state index contributed by atoms with van der Waals surface area (Å²) in [6.45, 7) is 3.75. The Labute approximate surface area is 135 Å². The molecule has 0 fully saturated rings. The van der Waals surface area contributed by atoms with E-state index in [4.69, 9.17) is 9.47 Å². The molecule has 2 aromatic rings. The number of hydrogen-bond donors (Lipinski definition) is 2. The average molecular weight is 315 g/mol. The van der Waals surface area contributed by atoms with E-state index in [1.54, 1.807) is 24.3 Å². The Hall–Kier alpha value is -2.53. The van der Waals surface area contributed by atoms with Crippen molar-refractivity contribution in [2.75, 3.05) is 19.5 Å². The van der Waals surface area contributed by atoms with E-state index in [0.29, 0.717) is 22.7 Å². The van der Waals surface area contributed by atoms with Crippen LogP contribution in [0.4, 0.5) is 5.69 Å². The van der Waals surface area contributed by atoms with Crippen molar-refractivity contribution in [1.29, 1.82) is 0 Å². The van der Waals surface area contributed by atoms with Crippen LogP contribution in [0.5, 0.6) is 11.5 Å². The minimum absolute atomic E-state index is 0.0764. The number of rotatable bonds is 5. The first-order valence-electron chi connectivity index (χ1n) is 7.25. The van der Waals surface area contributed by atoms with E-state index in [1.165, 1.54) is 14.2 Å². The summed E-state index contributed by atoms with van der Waals surface area (Å²) < 4.78 is 10.5. The van der Waals surface area contributed by atoms with Crippen molar-refractivity contribution in [3.63, 3.8) is 0 Å². The van der Waals surface area contributed by atoms with Crippen LogP contribution in [-0.4, -0.2) is 25.2 Å². The molecule has 23 heavy (non-hydrogen) atoms. The van der Waals surface area contributed by atoms with Crippen molar-refractivity contribution in [3.8, 4) is 11.5 Å². The molecule has 2 aromatic carbocycles. The van der Waals surface area contributed by atoms with E-state index in [0.717, 1.165) is 16.7 Å². The van der Waals surface area contributed by atoms with Crippen LogP contribution in [0.3, 0.4) is 0 Å².